The molecule has 0 bridgehead atoms. The number of alkyl halides is 3. The third-order valence-corrected chi connectivity index (χ3v) is 3.85. The normalized spacial score (nSPS) is 11.9. The van der Waals surface area contributed by atoms with Gasteiger partial charge in [0, 0.05) is 10.6 Å². The molecule has 0 aliphatic heterocycles. The molecular formula is C18H10ClF3N2O4. The van der Waals surface area contributed by atoms with Gasteiger partial charge in [-0.1, -0.05) is 11.6 Å². The Morgan fingerprint density at radius 2 is 1.86 bits per heavy atom. The summed E-state index contributed by atoms with van der Waals surface area (Å²) in [5.74, 6) is -1.19. The number of nitrogens with zero attached hydrogens (tertiary/aromatic N) is 1. The second kappa shape index (κ2) is 7.35. The summed E-state index contributed by atoms with van der Waals surface area (Å²) >= 11 is 5.81. The molecule has 0 amide bonds. The van der Waals surface area contributed by atoms with E-state index in [9.17, 15) is 27.9 Å². The van der Waals surface area contributed by atoms with E-state index in [4.69, 9.17) is 16.0 Å². The maximum absolute atomic E-state index is 12.8. The van der Waals surface area contributed by atoms with Crippen molar-refractivity contribution in [1.29, 1.82) is 0 Å². The Morgan fingerprint density at radius 1 is 1.18 bits per heavy atom. The van der Waals surface area contributed by atoms with Crippen molar-refractivity contribution in [2.24, 2.45) is 0 Å². The fourth-order valence-electron chi connectivity index (χ4n) is 2.33. The van der Waals surface area contributed by atoms with Gasteiger partial charge in [0.05, 0.1) is 5.69 Å². The number of furan rings is 1. The summed E-state index contributed by atoms with van der Waals surface area (Å²) < 4.78 is 43.8. The van der Waals surface area contributed by atoms with Gasteiger partial charge in [-0.15, -0.1) is 0 Å². The maximum Gasteiger partial charge on any atom is 0.431 e. The molecule has 0 aliphatic rings. The van der Waals surface area contributed by atoms with Crippen molar-refractivity contribution in [3.63, 3.8) is 0 Å². The SMILES string of the molecule is O=C(O)c1cc(-c2ccc(Cl)cc2)oc1/C=C/c1cc(C(F)(F)F)[nH]c(=O)n1. The Bertz CT molecular complexity index is 1120. The highest BCUT2D eigenvalue weighted by molar-refractivity contribution is 6.30. The average molecular weight is 411 g/mol. The summed E-state index contributed by atoms with van der Waals surface area (Å²) in [6, 6.07) is 8.32. The molecule has 1 aromatic carbocycles. The van der Waals surface area contributed by atoms with Crippen LogP contribution in [0.2, 0.25) is 5.02 Å². The molecule has 0 fully saturated rings. The number of H-pyrrole nitrogens is 1. The lowest BCUT2D eigenvalue weighted by Gasteiger charge is -2.05. The molecule has 3 rings (SSSR count). The van der Waals surface area contributed by atoms with Crippen LogP contribution in [-0.2, 0) is 6.18 Å². The van der Waals surface area contributed by atoms with Crippen molar-refractivity contribution >= 4 is 29.7 Å². The van der Waals surface area contributed by atoms with Crippen LogP contribution in [-0.4, -0.2) is 21.0 Å². The highest BCUT2D eigenvalue weighted by Gasteiger charge is 2.32. The quantitative estimate of drug-likeness (QED) is 0.656. The van der Waals surface area contributed by atoms with E-state index >= 15 is 0 Å². The summed E-state index contributed by atoms with van der Waals surface area (Å²) in [6.07, 6.45) is -2.57. The van der Waals surface area contributed by atoms with Crippen molar-refractivity contribution < 1.29 is 27.5 Å². The van der Waals surface area contributed by atoms with Crippen LogP contribution in [0, 0.1) is 0 Å². The number of aromatic carboxylic acids is 1. The fourth-order valence-corrected chi connectivity index (χ4v) is 2.45. The van der Waals surface area contributed by atoms with Crippen LogP contribution in [0.25, 0.3) is 23.5 Å². The van der Waals surface area contributed by atoms with Gasteiger partial charge in [-0.3, -0.25) is 0 Å². The van der Waals surface area contributed by atoms with Gasteiger partial charge in [0.1, 0.15) is 22.8 Å². The Kier molecular flexibility index (Phi) is 5.10. The Hall–Kier alpha value is -3.33. The van der Waals surface area contributed by atoms with Gasteiger partial charge >= 0.3 is 17.8 Å². The Morgan fingerprint density at radius 3 is 2.46 bits per heavy atom. The predicted molar refractivity (Wildman–Crippen MR) is 94.9 cm³/mol. The lowest BCUT2D eigenvalue weighted by molar-refractivity contribution is -0.141. The zero-order chi connectivity index (χ0) is 20.5. The molecule has 2 N–H and O–H groups in total. The van der Waals surface area contributed by atoms with Crippen LogP contribution in [0.1, 0.15) is 27.5 Å². The van der Waals surface area contributed by atoms with Gasteiger partial charge < -0.3 is 14.5 Å². The number of carboxylic acid groups (broad SMARTS) is 1. The molecule has 3 aromatic rings. The fraction of sp³-hybridized carbons (Fsp3) is 0.0556. The number of carboxylic acids is 1. The number of carbonyl (C=O) groups is 1. The minimum atomic E-state index is -4.76. The van der Waals surface area contributed by atoms with Crippen molar-refractivity contribution in [3.05, 3.63) is 74.6 Å². The van der Waals surface area contributed by atoms with Crippen LogP contribution in [0.15, 0.2) is 45.6 Å². The van der Waals surface area contributed by atoms with E-state index in [1.165, 1.54) is 6.07 Å². The van der Waals surface area contributed by atoms with Crippen LogP contribution in [0.5, 0.6) is 0 Å². The van der Waals surface area contributed by atoms with E-state index in [1.54, 1.807) is 29.2 Å². The number of aromatic amines is 1. The molecule has 2 heterocycles. The number of rotatable bonds is 4. The molecule has 0 saturated heterocycles. The van der Waals surface area contributed by atoms with Crippen LogP contribution < -0.4 is 5.69 Å². The van der Waals surface area contributed by atoms with Crippen LogP contribution >= 0.6 is 11.6 Å². The molecule has 144 valence electrons. The minimum Gasteiger partial charge on any atom is -0.478 e. The zero-order valence-corrected chi connectivity index (χ0v) is 14.5. The third-order valence-electron chi connectivity index (χ3n) is 3.60. The van der Waals surface area contributed by atoms with Gasteiger partial charge in [0.2, 0.25) is 0 Å². The molecule has 2 aromatic heterocycles. The monoisotopic (exact) mass is 410 g/mol. The number of halogens is 4. The topological polar surface area (TPSA) is 96.2 Å². The number of benzene rings is 1. The zero-order valence-electron chi connectivity index (χ0n) is 13.7. The first-order chi connectivity index (χ1) is 13.1. The standard InChI is InChI=1S/C18H10ClF3N2O4/c19-10-3-1-9(2-4-10)14-8-12(16(25)26)13(28-14)6-5-11-7-15(18(20,21)22)24-17(27)23-11/h1-8H,(H,25,26)(H,23,24,27)/b6-5+. The largest absolute Gasteiger partial charge is 0.478 e. The Balaban J connectivity index is 2.00. The lowest BCUT2D eigenvalue weighted by atomic mass is 10.1. The van der Waals surface area contributed by atoms with E-state index in [0.29, 0.717) is 16.7 Å². The molecule has 0 unspecified atom stereocenters. The van der Waals surface area contributed by atoms with Crippen LogP contribution in [0.3, 0.4) is 0 Å². The lowest BCUT2D eigenvalue weighted by Crippen LogP contribution is -2.19. The first-order valence-corrected chi connectivity index (χ1v) is 8.01. The second-order valence-electron chi connectivity index (χ2n) is 5.56. The third kappa shape index (κ3) is 4.32. The van der Waals surface area contributed by atoms with Crippen LogP contribution in [0.4, 0.5) is 13.2 Å². The van der Waals surface area contributed by atoms with Gasteiger partial charge in [0.15, 0.2) is 0 Å². The van der Waals surface area contributed by atoms with Crippen molar-refractivity contribution in [2.45, 2.75) is 6.18 Å². The first kappa shape index (κ1) is 19.4. The minimum absolute atomic E-state index is 0.118. The number of hydrogen-bond acceptors (Lipinski definition) is 4. The van der Waals surface area contributed by atoms with E-state index in [-0.39, 0.29) is 22.8 Å². The first-order valence-electron chi connectivity index (χ1n) is 7.63. The van der Waals surface area contributed by atoms with E-state index in [2.05, 4.69) is 4.98 Å². The maximum atomic E-state index is 12.8. The summed E-state index contributed by atoms with van der Waals surface area (Å²) in [5, 5.41) is 9.81. The number of nitrogens with one attached hydrogen (secondary N) is 1. The van der Waals surface area contributed by atoms with Gasteiger partial charge in [-0.2, -0.15) is 18.2 Å². The molecule has 0 radical (unpaired) electrons. The van der Waals surface area contributed by atoms with Gasteiger partial charge in [0.25, 0.3) is 0 Å². The molecule has 0 spiro atoms. The molecular weight excluding hydrogens is 401 g/mol. The van der Waals surface area contributed by atoms with Crippen molar-refractivity contribution in [3.8, 4) is 11.3 Å². The molecule has 28 heavy (non-hydrogen) atoms. The van der Waals surface area contributed by atoms with Gasteiger partial charge in [-0.25, -0.2) is 9.59 Å². The molecule has 0 atom stereocenters. The second-order valence-corrected chi connectivity index (χ2v) is 5.99. The average Bonchev–Trinajstić information content (AvgIpc) is 3.04. The van der Waals surface area contributed by atoms with Gasteiger partial charge in [-0.05, 0) is 48.6 Å². The smallest absolute Gasteiger partial charge is 0.431 e. The van der Waals surface area contributed by atoms with E-state index < -0.39 is 23.5 Å². The molecule has 10 heteroatoms. The molecule has 0 saturated carbocycles. The summed E-state index contributed by atoms with van der Waals surface area (Å²) in [7, 11) is 0. The van der Waals surface area contributed by atoms with E-state index in [1.807, 2.05) is 0 Å². The highest BCUT2D eigenvalue weighted by atomic mass is 35.5. The van der Waals surface area contributed by atoms with Crippen molar-refractivity contribution in [2.75, 3.05) is 0 Å². The van der Waals surface area contributed by atoms with Crippen molar-refractivity contribution in [1.82, 2.24) is 9.97 Å². The molecule has 0 aliphatic carbocycles. The predicted octanol–water partition coefficient (Wildman–Crippen LogP) is 4.57. The van der Waals surface area contributed by atoms with E-state index in [0.717, 1.165) is 12.2 Å². The number of hydrogen-bond donors (Lipinski definition) is 2. The molecule has 6 nitrogen and oxygen atoms in total. The summed E-state index contributed by atoms with van der Waals surface area (Å²) in [5.41, 5.74) is -2.42. The summed E-state index contributed by atoms with van der Waals surface area (Å²) in [4.78, 5) is 27.8. The number of aromatic nitrogens is 2. The summed E-state index contributed by atoms with van der Waals surface area (Å²) in [6.45, 7) is 0. The highest BCUT2D eigenvalue weighted by Crippen LogP contribution is 2.29. The Labute approximate surface area is 159 Å².